The van der Waals surface area contributed by atoms with Crippen molar-refractivity contribution in [2.75, 3.05) is 11.9 Å². The lowest BCUT2D eigenvalue weighted by molar-refractivity contribution is -0.384. The summed E-state index contributed by atoms with van der Waals surface area (Å²) in [6.45, 7) is 3.16. The van der Waals surface area contributed by atoms with Crippen LogP contribution in [0.1, 0.15) is 17.0 Å². The van der Waals surface area contributed by atoms with Crippen molar-refractivity contribution in [3.8, 4) is 0 Å². The van der Waals surface area contributed by atoms with E-state index in [1.54, 1.807) is 17.8 Å². The van der Waals surface area contributed by atoms with Crippen molar-refractivity contribution in [2.45, 2.75) is 13.8 Å². The average molecular weight is 393 g/mol. The highest BCUT2D eigenvalue weighted by atomic mass is 35.5. The molecule has 1 amide bonds. The molecule has 1 aromatic carbocycles. The molecule has 142 valence electrons. The van der Waals surface area contributed by atoms with E-state index >= 15 is 0 Å². The summed E-state index contributed by atoms with van der Waals surface area (Å²) in [6.07, 6.45) is 2.79. The molecule has 0 atom stereocenters. The van der Waals surface area contributed by atoms with Gasteiger partial charge in [-0.15, -0.1) is 0 Å². The molecule has 2 aromatic rings. The Morgan fingerprint density at radius 1 is 1.41 bits per heavy atom. The number of nitro groups is 1. The number of ether oxygens (including phenoxy) is 1. The maximum atomic E-state index is 11.9. The molecule has 0 fully saturated rings. The lowest BCUT2D eigenvalue weighted by atomic mass is 10.2. The van der Waals surface area contributed by atoms with Crippen LogP contribution < -0.4 is 5.32 Å². The van der Waals surface area contributed by atoms with Crippen molar-refractivity contribution < 1.29 is 19.2 Å². The summed E-state index contributed by atoms with van der Waals surface area (Å²) in [6, 6.07) is 3.62. The van der Waals surface area contributed by atoms with E-state index in [0.29, 0.717) is 0 Å². The first-order chi connectivity index (χ1) is 12.7. The van der Waals surface area contributed by atoms with Gasteiger partial charge in [0.25, 0.3) is 11.6 Å². The number of amides is 1. The Bertz CT molecular complexity index is 936. The van der Waals surface area contributed by atoms with Gasteiger partial charge in [-0.3, -0.25) is 19.6 Å². The predicted molar refractivity (Wildman–Crippen MR) is 99.4 cm³/mol. The van der Waals surface area contributed by atoms with Gasteiger partial charge >= 0.3 is 5.97 Å². The van der Waals surface area contributed by atoms with Gasteiger partial charge in [0, 0.05) is 36.5 Å². The number of non-ortho nitro benzene ring substituents is 1. The number of carbonyl (C=O) groups excluding carboxylic acids is 2. The summed E-state index contributed by atoms with van der Waals surface area (Å²) in [5.74, 6) is -1.32. The molecule has 0 saturated heterocycles. The molecule has 0 aliphatic heterocycles. The van der Waals surface area contributed by atoms with Crippen molar-refractivity contribution in [2.24, 2.45) is 7.05 Å². The van der Waals surface area contributed by atoms with Crippen molar-refractivity contribution >= 4 is 40.9 Å². The summed E-state index contributed by atoms with van der Waals surface area (Å²) in [5, 5.41) is 17.3. The Labute approximate surface area is 159 Å². The number of nitrogens with zero attached hydrogens (tertiary/aromatic N) is 3. The van der Waals surface area contributed by atoms with Gasteiger partial charge in [0.2, 0.25) is 0 Å². The highest BCUT2D eigenvalue weighted by Crippen LogP contribution is 2.26. The zero-order valence-electron chi connectivity index (χ0n) is 14.9. The Balaban J connectivity index is 1.91. The second-order valence-electron chi connectivity index (χ2n) is 5.62. The maximum absolute atomic E-state index is 11.9. The monoisotopic (exact) mass is 392 g/mol. The molecular weight excluding hydrogens is 376 g/mol. The van der Waals surface area contributed by atoms with E-state index in [1.165, 1.54) is 18.2 Å². The van der Waals surface area contributed by atoms with Gasteiger partial charge in [-0.1, -0.05) is 11.6 Å². The smallest absolute Gasteiger partial charge is 0.331 e. The molecule has 0 bridgehead atoms. The van der Waals surface area contributed by atoms with E-state index in [2.05, 4.69) is 10.4 Å². The molecule has 0 spiro atoms. The van der Waals surface area contributed by atoms with Crippen LogP contribution in [0.4, 0.5) is 11.4 Å². The molecule has 1 N–H and O–H groups in total. The molecule has 1 heterocycles. The minimum absolute atomic E-state index is 0.00583. The zero-order chi connectivity index (χ0) is 20.1. The summed E-state index contributed by atoms with van der Waals surface area (Å²) in [7, 11) is 1.80. The van der Waals surface area contributed by atoms with Crippen LogP contribution in [-0.2, 0) is 21.4 Å². The summed E-state index contributed by atoms with van der Waals surface area (Å²) in [4.78, 5) is 33.7. The molecule has 2 rings (SSSR count). The van der Waals surface area contributed by atoms with Crippen LogP contribution in [0.2, 0.25) is 5.02 Å². The van der Waals surface area contributed by atoms with Crippen molar-refractivity contribution in [3.63, 3.8) is 0 Å². The third kappa shape index (κ3) is 5.14. The van der Waals surface area contributed by atoms with Crippen molar-refractivity contribution in [1.29, 1.82) is 0 Å². The van der Waals surface area contributed by atoms with Crippen LogP contribution >= 0.6 is 11.6 Å². The molecule has 0 aliphatic carbocycles. The Kier molecular flexibility index (Phi) is 6.30. The SMILES string of the molecule is Cc1nn(C)c(C)c1/C=C/C(=O)OCC(=O)Nc1ccc([N+](=O)[O-])cc1Cl. The van der Waals surface area contributed by atoms with Gasteiger partial charge in [-0.2, -0.15) is 5.10 Å². The minimum atomic E-state index is -0.692. The number of hydrogen-bond acceptors (Lipinski definition) is 6. The third-order valence-corrected chi connectivity index (χ3v) is 4.05. The fourth-order valence-corrected chi connectivity index (χ4v) is 2.49. The summed E-state index contributed by atoms with van der Waals surface area (Å²) in [5.41, 5.74) is 2.44. The number of benzene rings is 1. The van der Waals surface area contributed by atoms with Gasteiger partial charge in [-0.05, 0) is 26.0 Å². The molecule has 10 heteroatoms. The van der Waals surface area contributed by atoms with Crippen molar-refractivity contribution in [1.82, 2.24) is 9.78 Å². The normalized spacial score (nSPS) is 10.8. The Hall–Kier alpha value is -3.20. The van der Waals surface area contributed by atoms with Crippen LogP contribution in [-0.4, -0.2) is 33.2 Å². The van der Waals surface area contributed by atoms with E-state index in [-0.39, 0.29) is 16.4 Å². The number of aromatic nitrogens is 2. The highest BCUT2D eigenvalue weighted by molar-refractivity contribution is 6.34. The molecule has 1 aromatic heterocycles. The van der Waals surface area contributed by atoms with Gasteiger partial charge in [0.1, 0.15) is 0 Å². The number of hydrogen-bond donors (Lipinski definition) is 1. The number of carbonyl (C=O) groups is 2. The van der Waals surface area contributed by atoms with Gasteiger partial charge in [0.05, 0.1) is 21.3 Å². The van der Waals surface area contributed by atoms with E-state index in [4.69, 9.17) is 16.3 Å². The van der Waals surface area contributed by atoms with E-state index in [0.717, 1.165) is 23.0 Å². The second kappa shape index (κ2) is 8.45. The van der Waals surface area contributed by atoms with Gasteiger partial charge in [0.15, 0.2) is 6.61 Å². The predicted octanol–water partition coefficient (Wildman–Crippen LogP) is 2.79. The summed E-state index contributed by atoms with van der Waals surface area (Å²) >= 11 is 5.88. The lowest BCUT2D eigenvalue weighted by Gasteiger charge is -2.07. The number of nitro benzene ring substituents is 1. The standard InChI is InChI=1S/C17H17ClN4O5/c1-10-13(11(2)21(3)20-10)5-7-17(24)27-9-16(23)19-15-6-4-12(22(25)26)8-14(15)18/h4-8H,9H2,1-3H3,(H,19,23)/b7-5+. The average Bonchev–Trinajstić information content (AvgIpc) is 2.85. The molecule has 0 saturated carbocycles. The minimum Gasteiger partial charge on any atom is -0.452 e. The number of nitrogens with one attached hydrogen (secondary N) is 1. The zero-order valence-corrected chi connectivity index (χ0v) is 15.6. The first kappa shape index (κ1) is 20.1. The number of esters is 1. The number of rotatable bonds is 6. The fourth-order valence-electron chi connectivity index (χ4n) is 2.27. The Morgan fingerprint density at radius 3 is 2.67 bits per heavy atom. The van der Waals surface area contributed by atoms with E-state index < -0.39 is 23.4 Å². The fraction of sp³-hybridized carbons (Fsp3) is 0.235. The lowest BCUT2D eigenvalue weighted by Crippen LogP contribution is -2.20. The maximum Gasteiger partial charge on any atom is 0.331 e. The number of anilines is 1. The Morgan fingerprint density at radius 2 is 2.11 bits per heavy atom. The first-order valence-corrected chi connectivity index (χ1v) is 8.15. The second-order valence-corrected chi connectivity index (χ2v) is 6.03. The molecule has 9 nitrogen and oxygen atoms in total. The van der Waals surface area contributed by atoms with Gasteiger partial charge < -0.3 is 10.1 Å². The highest BCUT2D eigenvalue weighted by Gasteiger charge is 2.13. The van der Waals surface area contributed by atoms with Crippen LogP contribution in [0.5, 0.6) is 0 Å². The molecule has 0 unspecified atom stereocenters. The molecule has 0 radical (unpaired) electrons. The van der Waals surface area contributed by atoms with Crippen LogP contribution in [0.3, 0.4) is 0 Å². The molecular formula is C17H17ClN4O5. The largest absolute Gasteiger partial charge is 0.452 e. The van der Waals surface area contributed by atoms with Crippen molar-refractivity contribution in [3.05, 3.63) is 56.4 Å². The number of halogens is 1. The van der Waals surface area contributed by atoms with Gasteiger partial charge in [-0.25, -0.2) is 4.79 Å². The first-order valence-electron chi connectivity index (χ1n) is 7.78. The molecule has 27 heavy (non-hydrogen) atoms. The third-order valence-electron chi connectivity index (χ3n) is 3.73. The van der Waals surface area contributed by atoms with Crippen LogP contribution in [0, 0.1) is 24.0 Å². The summed E-state index contributed by atoms with van der Waals surface area (Å²) < 4.78 is 6.57. The van der Waals surface area contributed by atoms with Crippen LogP contribution in [0.25, 0.3) is 6.08 Å². The molecule has 0 aliphatic rings. The van der Waals surface area contributed by atoms with E-state index in [1.807, 2.05) is 13.8 Å². The quantitative estimate of drug-likeness (QED) is 0.349. The van der Waals surface area contributed by atoms with E-state index in [9.17, 15) is 19.7 Å². The number of aryl methyl sites for hydroxylation is 2. The van der Waals surface area contributed by atoms with Crippen LogP contribution in [0.15, 0.2) is 24.3 Å². The topological polar surface area (TPSA) is 116 Å².